The first kappa shape index (κ1) is 28.4. The van der Waals surface area contributed by atoms with E-state index in [1.165, 1.54) is 5.56 Å². The summed E-state index contributed by atoms with van der Waals surface area (Å²) >= 11 is 0. The summed E-state index contributed by atoms with van der Waals surface area (Å²) in [5.74, 6) is 2.47. The van der Waals surface area contributed by atoms with Crippen LogP contribution in [0.1, 0.15) is 54.1 Å². The second-order valence-electron chi connectivity index (χ2n) is 10.7. The Kier molecular flexibility index (Phi) is 10.1. The maximum atomic E-state index is 13.9. The van der Waals surface area contributed by atoms with E-state index in [-0.39, 0.29) is 11.9 Å². The predicted molar refractivity (Wildman–Crippen MR) is 164 cm³/mol. The lowest BCUT2D eigenvalue weighted by Gasteiger charge is -2.39. The third-order valence-electron chi connectivity index (χ3n) is 7.63. The van der Waals surface area contributed by atoms with Gasteiger partial charge in [0.25, 0.3) is 5.91 Å². The minimum Gasteiger partial charge on any atom is -0.494 e. The molecule has 1 saturated heterocycles. The van der Waals surface area contributed by atoms with Crippen molar-refractivity contribution < 1.29 is 14.3 Å². The Balaban J connectivity index is 1.28. The Hall–Kier alpha value is -4.09. The van der Waals surface area contributed by atoms with Gasteiger partial charge in [0, 0.05) is 37.8 Å². The molecule has 212 valence electrons. The summed E-state index contributed by atoms with van der Waals surface area (Å²) in [6, 6.07) is 36.3. The third-order valence-corrected chi connectivity index (χ3v) is 7.63. The van der Waals surface area contributed by atoms with Crippen molar-refractivity contribution >= 4 is 5.91 Å². The number of hydrogen-bond acceptors (Lipinski definition) is 4. The molecule has 4 aromatic carbocycles. The van der Waals surface area contributed by atoms with E-state index in [9.17, 15) is 4.79 Å². The number of benzene rings is 4. The number of hydrogen-bond donors (Lipinski definition) is 0. The molecule has 0 saturated carbocycles. The number of rotatable bonds is 12. The van der Waals surface area contributed by atoms with Gasteiger partial charge in [-0.25, -0.2) is 0 Å². The van der Waals surface area contributed by atoms with Crippen LogP contribution in [0.3, 0.4) is 0 Å². The Labute approximate surface area is 244 Å². The average molecular weight is 549 g/mol. The Morgan fingerprint density at radius 2 is 1.37 bits per heavy atom. The molecule has 0 bridgehead atoms. The SMILES string of the molecule is CCCCOc1ccc(C(=O)N(Cc2ccc(Oc3ccccc3)cc2)C2CCN(Cc3ccccc3)CC2)cc1. The fraction of sp³-hybridized carbons (Fsp3) is 0.306. The molecule has 5 heteroatoms. The Morgan fingerprint density at radius 1 is 0.756 bits per heavy atom. The number of carbonyl (C=O) groups excluding carboxylic acids is 1. The van der Waals surface area contributed by atoms with E-state index in [2.05, 4.69) is 59.2 Å². The van der Waals surface area contributed by atoms with E-state index >= 15 is 0 Å². The normalized spacial score (nSPS) is 14.0. The van der Waals surface area contributed by atoms with Gasteiger partial charge < -0.3 is 14.4 Å². The highest BCUT2D eigenvalue weighted by molar-refractivity contribution is 5.94. The molecule has 0 atom stereocenters. The van der Waals surface area contributed by atoms with Crippen LogP contribution in [0.4, 0.5) is 0 Å². The molecule has 1 heterocycles. The molecule has 41 heavy (non-hydrogen) atoms. The number of likely N-dealkylation sites (tertiary alicyclic amines) is 1. The molecule has 1 fully saturated rings. The number of ether oxygens (including phenoxy) is 2. The lowest BCUT2D eigenvalue weighted by Crippen LogP contribution is -2.46. The quantitative estimate of drug-likeness (QED) is 0.168. The standard InChI is InChI=1S/C36H40N2O3/c1-2-3-26-40-33-20-16-31(17-21-33)36(39)38(32-22-24-37(25-23-32)27-29-10-6-4-7-11-29)28-30-14-18-35(19-15-30)41-34-12-8-5-9-13-34/h4-21,32H,2-3,22-28H2,1H3. The molecule has 0 aliphatic carbocycles. The minimum atomic E-state index is 0.0660. The maximum absolute atomic E-state index is 13.9. The van der Waals surface area contributed by atoms with Crippen molar-refractivity contribution in [3.8, 4) is 17.2 Å². The lowest BCUT2D eigenvalue weighted by atomic mass is 10.00. The number of nitrogens with zero attached hydrogens (tertiary/aromatic N) is 2. The van der Waals surface area contributed by atoms with E-state index in [4.69, 9.17) is 9.47 Å². The van der Waals surface area contributed by atoms with Gasteiger partial charge in [0.15, 0.2) is 0 Å². The second-order valence-corrected chi connectivity index (χ2v) is 10.7. The lowest BCUT2D eigenvalue weighted by molar-refractivity contribution is 0.0543. The summed E-state index contributed by atoms with van der Waals surface area (Å²) in [5, 5.41) is 0. The van der Waals surface area contributed by atoms with Crippen molar-refractivity contribution in [1.82, 2.24) is 9.80 Å². The van der Waals surface area contributed by atoms with Gasteiger partial charge in [-0.1, -0.05) is 74.0 Å². The number of piperidine rings is 1. The maximum Gasteiger partial charge on any atom is 0.254 e. The summed E-state index contributed by atoms with van der Waals surface area (Å²) in [4.78, 5) is 18.5. The van der Waals surface area contributed by atoms with Gasteiger partial charge in [-0.15, -0.1) is 0 Å². The first-order valence-electron chi connectivity index (χ1n) is 14.8. The van der Waals surface area contributed by atoms with Gasteiger partial charge in [-0.3, -0.25) is 9.69 Å². The summed E-state index contributed by atoms with van der Waals surface area (Å²) in [5.41, 5.74) is 3.12. The van der Waals surface area contributed by atoms with Crippen molar-refractivity contribution in [1.29, 1.82) is 0 Å². The van der Waals surface area contributed by atoms with Crippen LogP contribution in [0.25, 0.3) is 0 Å². The van der Waals surface area contributed by atoms with Crippen LogP contribution < -0.4 is 9.47 Å². The van der Waals surface area contributed by atoms with Crippen molar-refractivity contribution in [2.24, 2.45) is 0 Å². The zero-order valence-electron chi connectivity index (χ0n) is 24.0. The van der Waals surface area contributed by atoms with Gasteiger partial charge in [0.05, 0.1) is 6.61 Å². The van der Waals surface area contributed by atoms with Gasteiger partial charge in [-0.05, 0) is 78.9 Å². The molecule has 0 N–H and O–H groups in total. The molecule has 0 aromatic heterocycles. The number of amides is 1. The first-order valence-corrected chi connectivity index (χ1v) is 14.8. The molecule has 0 unspecified atom stereocenters. The van der Waals surface area contributed by atoms with Crippen LogP contribution in [0.2, 0.25) is 0 Å². The van der Waals surface area contributed by atoms with Crippen LogP contribution in [0, 0.1) is 0 Å². The number of unbranched alkanes of at least 4 members (excludes halogenated alkanes) is 1. The molecule has 5 rings (SSSR count). The number of para-hydroxylation sites is 1. The van der Waals surface area contributed by atoms with E-state index in [0.29, 0.717) is 18.7 Å². The highest BCUT2D eigenvalue weighted by Gasteiger charge is 2.29. The highest BCUT2D eigenvalue weighted by Crippen LogP contribution is 2.26. The first-order chi connectivity index (χ1) is 20.2. The fourth-order valence-electron chi connectivity index (χ4n) is 5.28. The Bertz CT molecular complexity index is 1330. The summed E-state index contributed by atoms with van der Waals surface area (Å²) in [6.45, 7) is 6.29. The zero-order chi connectivity index (χ0) is 28.3. The van der Waals surface area contributed by atoms with Crippen molar-refractivity contribution in [3.05, 3.63) is 126 Å². The van der Waals surface area contributed by atoms with Crippen LogP contribution >= 0.6 is 0 Å². The Morgan fingerprint density at radius 3 is 2.02 bits per heavy atom. The van der Waals surface area contributed by atoms with E-state index < -0.39 is 0 Å². The van der Waals surface area contributed by atoms with E-state index in [1.807, 2.05) is 66.7 Å². The smallest absolute Gasteiger partial charge is 0.254 e. The highest BCUT2D eigenvalue weighted by atomic mass is 16.5. The summed E-state index contributed by atoms with van der Waals surface area (Å²) < 4.78 is 11.8. The second kappa shape index (κ2) is 14.5. The molecule has 4 aromatic rings. The zero-order valence-corrected chi connectivity index (χ0v) is 24.0. The van der Waals surface area contributed by atoms with E-state index in [0.717, 1.165) is 68.1 Å². The molecule has 1 amide bonds. The van der Waals surface area contributed by atoms with Crippen molar-refractivity contribution in [2.75, 3.05) is 19.7 Å². The predicted octanol–water partition coefficient (Wildman–Crippen LogP) is 7.96. The monoisotopic (exact) mass is 548 g/mol. The third kappa shape index (κ3) is 8.21. The topological polar surface area (TPSA) is 42.0 Å². The molecule has 1 aliphatic heterocycles. The minimum absolute atomic E-state index is 0.0660. The molecule has 5 nitrogen and oxygen atoms in total. The largest absolute Gasteiger partial charge is 0.494 e. The van der Waals surface area contributed by atoms with Gasteiger partial charge in [-0.2, -0.15) is 0 Å². The average Bonchev–Trinajstić information content (AvgIpc) is 3.02. The van der Waals surface area contributed by atoms with Crippen LogP contribution in [0.15, 0.2) is 109 Å². The molecular formula is C36H40N2O3. The van der Waals surface area contributed by atoms with Crippen LogP contribution in [-0.4, -0.2) is 41.4 Å². The molecular weight excluding hydrogens is 508 g/mol. The van der Waals surface area contributed by atoms with Gasteiger partial charge in [0.1, 0.15) is 17.2 Å². The fourth-order valence-corrected chi connectivity index (χ4v) is 5.28. The number of carbonyl (C=O) groups is 1. The molecule has 1 aliphatic rings. The summed E-state index contributed by atoms with van der Waals surface area (Å²) in [6.07, 6.45) is 4.01. The van der Waals surface area contributed by atoms with Crippen molar-refractivity contribution in [2.45, 2.75) is 51.7 Å². The summed E-state index contributed by atoms with van der Waals surface area (Å²) in [7, 11) is 0. The van der Waals surface area contributed by atoms with Crippen LogP contribution in [-0.2, 0) is 13.1 Å². The van der Waals surface area contributed by atoms with Crippen molar-refractivity contribution in [3.63, 3.8) is 0 Å². The van der Waals surface area contributed by atoms with Gasteiger partial charge in [0.2, 0.25) is 0 Å². The van der Waals surface area contributed by atoms with Crippen LogP contribution in [0.5, 0.6) is 17.2 Å². The van der Waals surface area contributed by atoms with E-state index in [1.54, 1.807) is 0 Å². The molecule has 0 spiro atoms. The van der Waals surface area contributed by atoms with Gasteiger partial charge >= 0.3 is 0 Å². The molecule has 0 radical (unpaired) electrons.